The van der Waals surface area contributed by atoms with Gasteiger partial charge in [0.2, 0.25) is 5.91 Å². The molecule has 0 bridgehead atoms. The fourth-order valence-corrected chi connectivity index (χ4v) is 4.25. The van der Waals surface area contributed by atoms with Gasteiger partial charge in [-0.15, -0.1) is 0 Å². The highest BCUT2D eigenvalue weighted by molar-refractivity contribution is 8.00. The molecule has 1 amide bonds. The molecule has 1 aromatic carbocycles. The van der Waals surface area contributed by atoms with E-state index in [2.05, 4.69) is 18.3 Å². The van der Waals surface area contributed by atoms with Gasteiger partial charge in [-0.25, -0.2) is 4.98 Å². The molecule has 0 saturated heterocycles. The van der Waals surface area contributed by atoms with Gasteiger partial charge in [0.25, 0.3) is 0 Å². The fraction of sp³-hybridized carbons (Fsp3) is 0.409. The number of hydrogen-bond donors (Lipinski definition) is 1. The first kappa shape index (κ1) is 21.0. The average molecular weight is 412 g/mol. The zero-order chi connectivity index (χ0) is 21.0. The highest BCUT2D eigenvalue weighted by Gasteiger charge is 2.23. The van der Waals surface area contributed by atoms with Crippen LogP contribution in [0.1, 0.15) is 37.1 Å². The summed E-state index contributed by atoms with van der Waals surface area (Å²) in [6.07, 6.45) is 2.97. The first-order chi connectivity index (χ1) is 13.9. The summed E-state index contributed by atoms with van der Waals surface area (Å²) < 4.78 is 10.5. The molecule has 3 rings (SSSR count). The van der Waals surface area contributed by atoms with Gasteiger partial charge in [0.15, 0.2) is 0 Å². The Balaban J connectivity index is 1.76. The van der Waals surface area contributed by atoms with Crippen molar-refractivity contribution in [1.82, 2.24) is 4.98 Å². The first-order valence-electron chi connectivity index (χ1n) is 9.57. The predicted octanol–water partition coefficient (Wildman–Crippen LogP) is 4.21. The van der Waals surface area contributed by atoms with Crippen LogP contribution in [-0.4, -0.2) is 30.4 Å². The van der Waals surface area contributed by atoms with Crippen LogP contribution in [0.15, 0.2) is 29.3 Å². The lowest BCUT2D eigenvalue weighted by Crippen LogP contribution is -2.23. The minimum Gasteiger partial charge on any atom is -0.497 e. The quantitative estimate of drug-likeness (QED) is 0.717. The molecule has 1 heterocycles. The molecule has 6 nitrogen and oxygen atoms in total. The van der Waals surface area contributed by atoms with Crippen molar-refractivity contribution >= 4 is 23.4 Å². The average Bonchev–Trinajstić information content (AvgIpc) is 2.73. The van der Waals surface area contributed by atoms with E-state index in [4.69, 9.17) is 14.5 Å². The van der Waals surface area contributed by atoms with Crippen LogP contribution in [-0.2, 0) is 17.6 Å². The van der Waals surface area contributed by atoms with Crippen LogP contribution in [0, 0.1) is 17.2 Å². The van der Waals surface area contributed by atoms with E-state index in [0.29, 0.717) is 33.7 Å². The summed E-state index contributed by atoms with van der Waals surface area (Å²) in [6, 6.07) is 9.40. The number of methoxy groups -OCH3 is 2. The molecule has 1 aliphatic rings. The van der Waals surface area contributed by atoms with Crippen molar-refractivity contribution in [3.63, 3.8) is 0 Å². The number of rotatable bonds is 6. The van der Waals surface area contributed by atoms with Gasteiger partial charge < -0.3 is 14.8 Å². The van der Waals surface area contributed by atoms with Crippen molar-refractivity contribution in [2.45, 2.75) is 43.4 Å². The zero-order valence-corrected chi connectivity index (χ0v) is 17.9. The van der Waals surface area contributed by atoms with Gasteiger partial charge >= 0.3 is 0 Å². The largest absolute Gasteiger partial charge is 0.497 e. The molecule has 7 heteroatoms. The number of aryl methyl sites for hydroxylation is 1. The monoisotopic (exact) mass is 411 g/mol. The molecule has 1 aliphatic carbocycles. The number of anilines is 1. The van der Waals surface area contributed by atoms with Gasteiger partial charge in [-0.05, 0) is 55.9 Å². The zero-order valence-electron chi connectivity index (χ0n) is 17.1. The summed E-state index contributed by atoms with van der Waals surface area (Å²) in [6.45, 7) is 4.03. The molecule has 2 atom stereocenters. The Morgan fingerprint density at radius 2 is 2.14 bits per heavy atom. The van der Waals surface area contributed by atoms with Crippen LogP contribution in [0.25, 0.3) is 0 Å². The normalized spacial score (nSPS) is 16.3. The van der Waals surface area contributed by atoms with Gasteiger partial charge in [-0.1, -0.05) is 18.7 Å². The number of pyridine rings is 1. The van der Waals surface area contributed by atoms with Crippen molar-refractivity contribution < 1.29 is 14.3 Å². The van der Waals surface area contributed by atoms with Crippen LogP contribution in [0.5, 0.6) is 11.5 Å². The number of hydrogen-bond acceptors (Lipinski definition) is 6. The van der Waals surface area contributed by atoms with E-state index < -0.39 is 5.25 Å². The summed E-state index contributed by atoms with van der Waals surface area (Å²) >= 11 is 1.31. The minimum atomic E-state index is -0.429. The molecule has 0 radical (unpaired) electrons. The highest BCUT2D eigenvalue weighted by atomic mass is 32.2. The Labute approximate surface area is 175 Å². The lowest BCUT2D eigenvalue weighted by Gasteiger charge is -2.22. The van der Waals surface area contributed by atoms with E-state index in [0.717, 1.165) is 30.5 Å². The Kier molecular flexibility index (Phi) is 6.65. The van der Waals surface area contributed by atoms with Crippen LogP contribution in [0.4, 0.5) is 5.69 Å². The summed E-state index contributed by atoms with van der Waals surface area (Å²) in [5.74, 6) is 1.59. The fourth-order valence-electron chi connectivity index (χ4n) is 3.35. The van der Waals surface area contributed by atoms with E-state index in [1.54, 1.807) is 39.3 Å². The van der Waals surface area contributed by atoms with Crippen LogP contribution in [0.3, 0.4) is 0 Å². The van der Waals surface area contributed by atoms with E-state index >= 15 is 0 Å². The number of aromatic nitrogens is 1. The third-order valence-corrected chi connectivity index (χ3v) is 6.15. The van der Waals surface area contributed by atoms with E-state index in [-0.39, 0.29) is 5.91 Å². The highest BCUT2D eigenvalue weighted by Crippen LogP contribution is 2.33. The Morgan fingerprint density at radius 1 is 1.34 bits per heavy atom. The van der Waals surface area contributed by atoms with Crippen molar-refractivity contribution in [1.29, 1.82) is 5.26 Å². The standard InChI is InChI=1S/C22H25N3O3S/c1-13-5-7-18-15(9-13)10-16(12-23)22(25-18)29-14(2)21(26)24-19-8-6-17(27-3)11-20(19)28-4/h6,8,10-11,13-14H,5,7,9H2,1-4H3,(H,24,26). The molecule has 29 heavy (non-hydrogen) atoms. The summed E-state index contributed by atoms with van der Waals surface area (Å²) in [5.41, 5.74) is 3.31. The van der Waals surface area contributed by atoms with E-state index in [1.807, 2.05) is 6.07 Å². The maximum Gasteiger partial charge on any atom is 0.237 e. The molecule has 0 fully saturated rings. The number of fused-ring (bicyclic) bond motifs is 1. The number of thioether (sulfide) groups is 1. The van der Waals surface area contributed by atoms with Gasteiger partial charge in [-0.3, -0.25) is 4.79 Å². The molecular weight excluding hydrogens is 386 g/mol. The van der Waals surface area contributed by atoms with Crippen molar-refractivity contribution in [3.8, 4) is 17.6 Å². The van der Waals surface area contributed by atoms with Crippen LogP contribution < -0.4 is 14.8 Å². The molecule has 2 aromatic rings. The van der Waals surface area contributed by atoms with Crippen molar-refractivity contribution in [2.24, 2.45) is 5.92 Å². The summed E-state index contributed by atoms with van der Waals surface area (Å²) in [5, 5.41) is 12.6. The van der Waals surface area contributed by atoms with E-state index in [1.165, 1.54) is 11.8 Å². The maximum absolute atomic E-state index is 12.7. The van der Waals surface area contributed by atoms with Crippen LogP contribution >= 0.6 is 11.8 Å². The van der Waals surface area contributed by atoms with Gasteiger partial charge in [0, 0.05) is 11.8 Å². The predicted molar refractivity (Wildman–Crippen MR) is 114 cm³/mol. The topological polar surface area (TPSA) is 84.2 Å². The number of amides is 1. The third-order valence-electron chi connectivity index (χ3n) is 5.04. The lowest BCUT2D eigenvalue weighted by atomic mass is 9.87. The smallest absolute Gasteiger partial charge is 0.237 e. The minimum absolute atomic E-state index is 0.185. The van der Waals surface area contributed by atoms with E-state index in [9.17, 15) is 10.1 Å². The number of nitrogens with zero attached hydrogens (tertiary/aromatic N) is 2. The summed E-state index contributed by atoms with van der Waals surface area (Å²) in [4.78, 5) is 17.5. The molecule has 1 N–H and O–H groups in total. The molecule has 152 valence electrons. The lowest BCUT2D eigenvalue weighted by molar-refractivity contribution is -0.115. The second kappa shape index (κ2) is 9.19. The third kappa shape index (κ3) is 4.83. The molecule has 0 aliphatic heterocycles. The number of ether oxygens (including phenoxy) is 2. The first-order valence-corrected chi connectivity index (χ1v) is 10.5. The Hall–Kier alpha value is -2.72. The van der Waals surface area contributed by atoms with Crippen LogP contribution in [0.2, 0.25) is 0 Å². The molecule has 1 aromatic heterocycles. The Morgan fingerprint density at radius 3 is 2.83 bits per heavy atom. The second-order valence-electron chi connectivity index (χ2n) is 7.22. The maximum atomic E-state index is 12.7. The number of carbonyl (C=O) groups excluding carboxylic acids is 1. The van der Waals surface area contributed by atoms with Gasteiger partial charge in [-0.2, -0.15) is 5.26 Å². The number of nitriles is 1. The van der Waals surface area contributed by atoms with Crippen molar-refractivity contribution in [3.05, 3.63) is 41.1 Å². The molecule has 0 saturated carbocycles. The second-order valence-corrected chi connectivity index (χ2v) is 8.55. The number of benzene rings is 1. The molecule has 0 spiro atoms. The SMILES string of the molecule is COc1ccc(NC(=O)C(C)Sc2nc3c(cc2C#N)CC(C)CC3)c(OC)c1. The molecular formula is C22H25N3O3S. The summed E-state index contributed by atoms with van der Waals surface area (Å²) in [7, 11) is 3.12. The van der Waals surface area contributed by atoms with Gasteiger partial charge in [0.1, 0.15) is 22.6 Å². The number of nitrogens with one attached hydrogen (secondary N) is 1. The van der Waals surface area contributed by atoms with Gasteiger partial charge in [0.05, 0.1) is 30.7 Å². The number of carbonyl (C=O) groups is 1. The van der Waals surface area contributed by atoms with Crippen molar-refractivity contribution in [2.75, 3.05) is 19.5 Å². The Bertz CT molecular complexity index is 955. The molecule has 2 unspecified atom stereocenters.